The van der Waals surface area contributed by atoms with Crippen LogP contribution in [0, 0.1) is 20.8 Å². The third-order valence-electron chi connectivity index (χ3n) is 5.08. The van der Waals surface area contributed by atoms with Crippen LogP contribution in [-0.4, -0.2) is 45.4 Å². The zero-order valence-electron chi connectivity index (χ0n) is 17.5. The molecular formula is C22H26O7S. The number of hydrogen-bond donors (Lipinski definition) is 1. The molecule has 1 aliphatic heterocycles. The number of methoxy groups -OCH3 is 1. The monoisotopic (exact) mass is 434 g/mol. The molecule has 2 aromatic carbocycles. The van der Waals surface area contributed by atoms with E-state index in [2.05, 4.69) is 4.74 Å². The van der Waals surface area contributed by atoms with Crippen molar-refractivity contribution in [3.8, 4) is 5.75 Å². The summed E-state index contributed by atoms with van der Waals surface area (Å²) in [5.74, 6) is 0.256. The normalized spacial score (nSPS) is 16.6. The number of benzene rings is 2. The van der Waals surface area contributed by atoms with Crippen LogP contribution in [0.1, 0.15) is 27.8 Å². The van der Waals surface area contributed by atoms with Crippen LogP contribution in [0.4, 0.5) is 0 Å². The molecule has 1 N–H and O–H groups in total. The molecule has 0 radical (unpaired) electrons. The van der Waals surface area contributed by atoms with Gasteiger partial charge in [0.2, 0.25) is 0 Å². The molecule has 1 aliphatic rings. The van der Waals surface area contributed by atoms with Crippen LogP contribution in [0.15, 0.2) is 35.2 Å². The summed E-state index contributed by atoms with van der Waals surface area (Å²) < 4.78 is 40.9. The highest BCUT2D eigenvalue weighted by Gasteiger charge is 2.32. The molecular weight excluding hydrogens is 408 g/mol. The van der Waals surface area contributed by atoms with Crippen molar-refractivity contribution in [2.24, 2.45) is 0 Å². The van der Waals surface area contributed by atoms with Gasteiger partial charge in [0.1, 0.15) is 18.0 Å². The van der Waals surface area contributed by atoms with Crippen molar-refractivity contribution in [2.75, 3.05) is 13.7 Å². The lowest BCUT2D eigenvalue weighted by molar-refractivity contribution is -0.139. The number of carbonyl (C=O) groups excluding carboxylic acids is 1. The average Bonchev–Trinajstić information content (AvgIpc) is 3.08. The number of hydrogen-bond acceptors (Lipinski definition) is 7. The Balaban J connectivity index is 1.65. The maximum absolute atomic E-state index is 12.7. The zero-order chi connectivity index (χ0) is 22.1. The van der Waals surface area contributed by atoms with Gasteiger partial charge in [-0.3, -0.25) is 8.98 Å². The Morgan fingerprint density at radius 2 is 1.87 bits per heavy atom. The Morgan fingerprint density at radius 1 is 1.20 bits per heavy atom. The molecule has 0 amide bonds. The van der Waals surface area contributed by atoms with Crippen LogP contribution in [0.25, 0.3) is 0 Å². The number of rotatable bonds is 7. The molecule has 2 unspecified atom stereocenters. The summed E-state index contributed by atoms with van der Waals surface area (Å²) in [5, 5.41) is 10.5. The maximum Gasteiger partial charge on any atom is 0.309 e. The lowest BCUT2D eigenvalue weighted by Crippen LogP contribution is -2.35. The van der Waals surface area contributed by atoms with Gasteiger partial charge < -0.3 is 14.6 Å². The van der Waals surface area contributed by atoms with E-state index in [1.807, 2.05) is 13.0 Å². The fourth-order valence-electron chi connectivity index (χ4n) is 3.78. The van der Waals surface area contributed by atoms with Crippen LogP contribution in [-0.2, 0) is 36.7 Å². The van der Waals surface area contributed by atoms with E-state index >= 15 is 0 Å². The van der Waals surface area contributed by atoms with Gasteiger partial charge in [-0.05, 0) is 49.1 Å². The number of aliphatic hydroxyl groups is 1. The molecule has 0 saturated carbocycles. The summed E-state index contributed by atoms with van der Waals surface area (Å²) in [6, 6.07) is 8.88. The average molecular weight is 435 g/mol. The summed E-state index contributed by atoms with van der Waals surface area (Å²) in [6.45, 7) is 4.92. The van der Waals surface area contributed by atoms with Crippen LogP contribution in [0.2, 0.25) is 0 Å². The highest BCUT2D eigenvalue weighted by atomic mass is 32.2. The predicted molar refractivity (Wildman–Crippen MR) is 110 cm³/mol. The molecule has 2 aromatic rings. The zero-order valence-corrected chi connectivity index (χ0v) is 18.3. The smallest absolute Gasteiger partial charge is 0.309 e. The van der Waals surface area contributed by atoms with Gasteiger partial charge in [0.25, 0.3) is 10.1 Å². The first-order chi connectivity index (χ1) is 14.1. The minimum atomic E-state index is -4.02. The van der Waals surface area contributed by atoms with Gasteiger partial charge in [0.15, 0.2) is 0 Å². The van der Waals surface area contributed by atoms with E-state index in [9.17, 15) is 18.3 Å². The van der Waals surface area contributed by atoms with E-state index in [1.165, 1.54) is 7.11 Å². The van der Waals surface area contributed by atoms with Crippen LogP contribution < -0.4 is 4.74 Å². The number of carbonyl (C=O) groups is 1. The van der Waals surface area contributed by atoms with Gasteiger partial charge in [-0.2, -0.15) is 8.42 Å². The Labute approximate surface area is 176 Å². The van der Waals surface area contributed by atoms with Crippen molar-refractivity contribution in [2.45, 2.75) is 50.7 Å². The largest absolute Gasteiger partial charge is 0.487 e. The van der Waals surface area contributed by atoms with Crippen molar-refractivity contribution in [3.63, 3.8) is 0 Å². The molecule has 1 heterocycles. The number of ether oxygens (including phenoxy) is 2. The molecule has 2 atom stereocenters. The second kappa shape index (κ2) is 8.75. The third kappa shape index (κ3) is 4.83. The fraction of sp³-hybridized carbons (Fsp3) is 0.409. The number of aryl methyl sites for hydroxylation is 3. The molecule has 30 heavy (non-hydrogen) atoms. The molecule has 7 nitrogen and oxygen atoms in total. The van der Waals surface area contributed by atoms with Gasteiger partial charge in [-0.1, -0.05) is 29.8 Å². The van der Waals surface area contributed by atoms with Crippen molar-refractivity contribution in [1.29, 1.82) is 0 Å². The summed E-state index contributed by atoms with van der Waals surface area (Å²) >= 11 is 0. The van der Waals surface area contributed by atoms with Crippen LogP contribution in [0.3, 0.4) is 0 Å². The van der Waals surface area contributed by atoms with Crippen molar-refractivity contribution >= 4 is 16.1 Å². The van der Waals surface area contributed by atoms with E-state index in [1.54, 1.807) is 38.1 Å². The summed E-state index contributed by atoms with van der Waals surface area (Å²) in [7, 11) is -2.69. The van der Waals surface area contributed by atoms with Crippen molar-refractivity contribution in [1.82, 2.24) is 0 Å². The highest BCUT2D eigenvalue weighted by Crippen LogP contribution is 2.31. The quantitative estimate of drug-likeness (QED) is 0.528. The van der Waals surface area contributed by atoms with Gasteiger partial charge in [0.05, 0.1) is 25.0 Å². The van der Waals surface area contributed by atoms with E-state index in [4.69, 9.17) is 8.92 Å². The predicted octanol–water partition coefficient (Wildman–Crippen LogP) is 2.40. The van der Waals surface area contributed by atoms with Crippen molar-refractivity contribution in [3.05, 3.63) is 58.1 Å². The standard InChI is InChI=1S/C22H26O7S/c1-13-7-14(2)22(15(3)8-13)30(25,26)28-12-18(23)20-11-17-9-16(10-21(24)27-4)5-6-19(17)29-20/h5-9,18,20,23H,10-12H2,1-4H3. The molecule has 0 bridgehead atoms. The molecule has 8 heteroatoms. The Hall–Kier alpha value is -2.42. The minimum absolute atomic E-state index is 0.128. The van der Waals surface area contributed by atoms with Gasteiger partial charge in [-0.15, -0.1) is 0 Å². The van der Waals surface area contributed by atoms with E-state index in [-0.39, 0.29) is 17.3 Å². The summed E-state index contributed by atoms with van der Waals surface area (Å²) in [5.41, 5.74) is 3.79. The van der Waals surface area contributed by atoms with Crippen LogP contribution >= 0.6 is 0 Å². The first-order valence-corrected chi connectivity index (χ1v) is 11.0. The lowest BCUT2D eigenvalue weighted by atomic mass is 10.0. The minimum Gasteiger partial charge on any atom is -0.487 e. The molecule has 0 aromatic heterocycles. The third-order valence-corrected chi connectivity index (χ3v) is 6.67. The first kappa shape index (κ1) is 22.3. The summed E-state index contributed by atoms with van der Waals surface area (Å²) in [4.78, 5) is 11.6. The molecule has 0 spiro atoms. The Kier molecular flexibility index (Phi) is 6.50. The van der Waals surface area contributed by atoms with Gasteiger partial charge in [0, 0.05) is 6.42 Å². The molecule has 0 fully saturated rings. The molecule has 0 saturated heterocycles. The maximum atomic E-state index is 12.7. The highest BCUT2D eigenvalue weighted by molar-refractivity contribution is 7.86. The number of aliphatic hydroxyl groups excluding tert-OH is 1. The topological polar surface area (TPSA) is 99.1 Å². The molecule has 0 aliphatic carbocycles. The SMILES string of the molecule is COC(=O)Cc1ccc2c(c1)CC(C(O)COS(=O)(=O)c1c(C)cc(C)cc1C)O2. The lowest BCUT2D eigenvalue weighted by Gasteiger charge is -2.19. The fourth-order valence-corrected chi connectivity index (χ4v) is 5.12. The van der Waals surface area contributed by atoms with Gasteiger partial charge >= 0.3 is 5.97 Å². The van der Waals surface area contributed by atoms with Gasteiger partial charge in [-0.25, -0.2) is 0 Å². The second-order valence-corrected chi connectivity index (χ2v) is 9.14. The van der Waals surface area contributed by atoms with E-state index in [0.717, 1.165) is 16.7 Å². The second-order valence-electron chi connectivity index (χ2n) is 7.59. The number of fused-ring (bicyclic) bond motifs is 1. The van der Waals surface area contributed by atoms with Crippen LogP contribution in [0.5, 0.6) is 5.75 Å². The first-order valence-electron chi connectivity index (χ1n) is 9.61. The Morgan fingerprint density at radius 3 is 2.50 bits per heavy atom. The Bertz CT molecular complexity index is 1040. The molecule has 162 valence electrons. The van der Waals surface area contributed by atoms with E-state index in [0.29, 0.717) is 23.3 Å². The summed E-state index contributed by atoms with van der Waals surface area (Å²) in [6.07, 6.45) is -1.24. The van der Waals surface area contributed by atoms with Crippen molar-refractivity contribution < 1.29 is 32.0 Å². The van der Waals surface area contributed by atoms with E-state index < -0.39 is 28.9 Å². The molecule has 3 rings (SSSR count). The number of esters is 1.